The highest BCUT2D eigenvalue weighted by atomic mass is 32.2. The number of nitrogens with one attached hydrogen (secondary N) is 1. The molecule has 1 saturated heterocycles. The topological polar surface area (TPSA) is 88.3 Å². The molecule has 4 rings (SSSR count). The number of nitrogens with zero attached hydrogens (tertiary/aromatic N) is 3. The van der Waals surface area contributed by atoms with Crippen molar-refractivity contribution in [2.24, 2.45) is 0 Å². The minimum atomic E-state index is -0.309. The second-order valence-electron chi connectivity index (χ2n) is 6.82. The third-order valence-electron chi connectivity index (χ3n) is 4.91. The number of rotatable bonds is 5. The van der Waals surface area contributed by atoms with Crippen molar-refractivity contribution in [2.45, 2.75) is 24.2 Å². The van der Waals surface area contributed by atoms with Crippen LogP contribution < -0.4 is 10.2 Å². The van der Waals surface area contributed by atoms with Gasteiger partial charge in [0.2, 0.25) is 11.8 Å². The van der Waals surface area contributed by atoms with Crippen LogP contribution in [-0.2, 0) is 4.79 Å². The number of thioether (sulfide) groups is 1. The molecular weight excluding hydrogens is 388 g/mol. The molecule has 29 heavy (non-hydrogen) atoms. The molecule has 1 fully saturated rings. The highest BCUT2D eigenvalue weighted by molar-refractivity contribution is 7.98. The Balaban J connectivity index is 1.45. The maximum atomic E-state index is 12.5. The third kappa shape index (κ3) is 4.02. The number of aryl methyl sites for hydroxylation is 1. The van der Waals surface area contributed by atoms with Crippen LogP contribution in [0.4, 0.5) is 11.7 Å². The molecule has 0 spiro atoms. The maximum Gasteiger partial charge on any atom is 0.322 e. The molecule has 148 valence electrons. The minimum absolute atomic E-state index is 0.00981. The Morgan fingerprint density at radius 3 is 2.66 bits per heavy atom. The summed E-state index contributed by atoms with van der Waals surface area (Å²) >= 11 is 1.65. The lowest BCUT2D eigenvalue weighted by molar-refractivity contribution is -0.117. The second-order valence-corrected chi connectivity index (χ2v) is 7.70. The van der Waals surface area contributed by atoms with Crippen molar-refractivity contribution in [3.05, 3.63) is 65.5 Å². The molecule has 0 aliphatic carbocycles. The number of amides is 2. The van der Waals surface area contributed by atoms with E-state index in [4.69, 9.17) is 4.42 Å². The van der Waals surface area contributed by atoms with E-state index >= 15 is 0 Å². The summed E-state index contributed by atoms with van der Waals surface area (Å²) < 4.78 is 5.63. The van der Waals surface area contributed by atoms with E-state index in [1.54, 1.807) is 28.8 Å². The van der Waals surface area contributed by atoms with E-state index in [0.717, 1.165) is 16.1 Å². The van der Waals surface area contributed by atoms with Gasteiger partial charge in [-0.15, -0.1) is 16.9 Å². The molecule has 3 aromatic rings. The van der Waals surface area contributed by atoms with Crippen molar-refractivity contribution in [1.82, 2.24) is 10.2 Å². The van der Waals surface area contributed by atoms with Crippen LogP contribution in [0.3, 0.4) is 0 Å². The largest absolute Gasteiger partial charge is 0.407 e. The van der Waals surface area contributed by atoms with Crippen molar-refractivity contribution in [1.29, 1.82) is 0 Å². The molecule has 1 aliphatic heterocycles. The molecule has 0 bridgehead atoms. The van der Waals surface area contributed by atoms with Crippen LogP contribution >= 0.6 is 11.8 Å². The summed E-state index contributed by atoms with van der Waals surface area (Å²) in [6, 6.07) is 15.2. The fourth-order valence-corrected chi connectivity index (χ4v) is 3.74. The van der Waals surface area contributed by atoms with Gasteiger partial charge in [-0.2, -0.15) is 0 Å². The Bertz CT molecular complexity index is 1050. The first-order valence-electron chi connectivity index (χ1n) is 9.20. The van der Waals surface area contributed by atoms with Gasteiger partial charge in [0.25, 0.3) is 5.91 Å². The number of carbonyl (C=O) groups excluding carboxylic acids is 2. The molecule has 2 heterocycles. The smallest absolute Gasteiger partial charge is 0.322 e. The van der Waals surface area contributed by atoms with Gasteiger partial charge in [0.15, 0.2) is 0 Å². The first-order valence-corrected chi connectivity index (χ1v) is 10.4. The Morgan fingerprint density at radius 2 is 1.93 bits per heavy atom. The number of anilines is 2. The summed E-state index contributed by atoms with van der Waals surface area (Å²) in [6.45, 7) is 2.32. The normalized spacial score (nSPS) is 16.3. The Hall–Kier alpha value is -3.13. The van der Waals surface area contributed by atoms with Gasteiger partial charge in [0, 0.05) is 29.1 Å². The molecule has 1 aromatic heterocycles. The summed E-state index contributed by atoms with van der Waals surface area (Å²) in [7, 11) is 0. The van der Waals surface area contributed by atoms with E-state index in [-0.39, 0.29) is 30.2 Å². The lowest BCUT2D eigenvalue weighted by Crippen LogP contribution is -2.24. The Kier molecular flexibility index (Phi) is 5.35. The average Bonchev–Trinajstić information content (AvgIpc) is 3.35. The lowest BCUT2D eigenvalue weighted by atomic mass is 10.1. The highest BCUT2D eigenvalue weighted by Gasteiger charge is 2.35. The molecular formula is C21H20N4O3S. The highest BCUT2D eigenvalue weighted by Crippen LogP contribution is 2.32. The van der Waals surface area contributed by atoms with Crippen LogP contribution in [0.5, 0.6) is 0 Å². The van der Waals surface area contributed by atoms with Crippen molar-refractivity contribution >= 4 is 35.3 Å². The van der Waals surface area contributed by atoms with Crippen LogP contribution in [0.2, 0.25) is 0 Å². The van der Waals surface area contributed by atoms with Crippen LogP contribution in [0.25, 0.3) is 0 Å². The van der Waals surface area contributed by atoms with Gasteiger partial charge < -0.3 is 9.32 Å². The monoisotopic (exact) mass is 408 g/mol. The molecule has 1 N–H and O–H groups in total. The minimum Gasteiger partial charge on any atom is -0.407 e. The summed E-state index contributed by atoms with van der Waals surface area (Å²) in [5, 5.41) is 10.6. The fourth-order valence-electron chi connectivity index (χ4n) is 3.33. The molecule has 0 saturated carbocycles. The molecule has 2 aromatic carbocycles. The molecule has 0 radical (unpaired) electrons. The SMILES string of the molecule is CSc1ccc(N2C[C@H](c3nnc(NC(=O)c4ccccc4C)o3)CC2=O)cc1. The van der Waals surface area contributed by atoms with Crippen LogP contribution in [-0.4, -0.2) is 34.8 Å². The maximum absolute atomic E-state index is 12.5. The zero-order chi connectivity index (χ0) is 20.4. The van der Waals surface area contributed by atoms with Gasteiger partial charge in [-0.25, -0.2) is 0 Å². The van der Waals surface area contributed by atoms with E-state index in [9.17, 15) is 9.59 Å². The first-order chi connectivity index (χ1) is 14.0. The predicted molar refractivity (Wildman–Crippen MR) is 111 cm³/mol. The quantitative estimate of drug-likeness (QED) is 0.645. The number of hydrogen-bond acceptors (Lipinski definition) is 6. The first kappa shape index (κ1) is 19.2. The number of benzene rings is 2. The molecule has 0 unspecified atom stereocenters. The van der Waals surface area contributed by atoms with Gasteiger partial charge in [-0.1, -0.05) is 23.3 Å². The number of aromatic nitrogens is 2. The van der Waals surface area contributed by atoms with Gasteiger partial charge in [-0.3, -0.25) is 14.9 Å². The van der Waals surface area contributed by atoms with Crippen molar-refractivity contribution < 1.29 is 14.0 Å². The van der Waals surface area contributed by atoms with Crippen LogP contribution in [0.1, 0.15) is 34.2 Å². The predicted octanol–water partition coefficient (Wildman–Crippen LogP) is 3.87. The van der Waals surface area contributed by atoms with Crippen molar-refractivity contribution in [3.63, 3.8) is 0 Å². The molecule has 2 amide bonds. The summed E-state index contributed by atoms with van der Waals surface area (Å²) in [6.07, 6.45) is 2.30. The average molecular weight is 408 g/mol. The molecule has 1 atom stereocenters. The summed E-state index contributed by atoms with van der Waals surface area (Å²) in [5.74, 6) is -0.159. The standard InChI is InChI=1S/C21H20N4O3S/c1-13-5-3-4-6-17(13)19(27)22-21-24-23-20(28-21)14-11-18(26)25(12-14)15-7-9-16(29-2)10-8-15/h3-10,14H,11-12H2,1-2H3,(H,22,24,27)/t14-/m1/s1. The van der Waals surface area contributed by atoms with Crippen molar-refractivity contribution in [2.75, 3.05) is 23.0 Å². The van der Waals surface area contributed by atoms with E-state index in [1.807, 2.05) is 49.6 Å². The summed E-state index contributed by atoms with van der Waals surface area (Å²) in [5.41, 5.74) is 2.25. The van der Waals surface area contributed by atoms with Crippen molar-refractivity contribution in [3.8, 4) is 0 Å². The van der Waals surface area contributed by atoms with E-state index in [2.05, 4.69) is 15.5 Å². The number of carbonyl (C=O) groups is 2. The Labute approximate surface area is 172 Å². The van der Waals surface area contributed by atoms with Crippen LogP contribution in [0.15, 0.2) is 57.8 Å². The van der Waals surface area contributed by atoms with E-state index in [0.29, 0.717) is 18.0 Å². The van der Waals surface area contributed by atoms with Gasteiger partial charge >= 0.3 is 6.01 Å². The number of hydrogen-bond donors (Lipinski definition) is 1. The van der Waals surface area contributed by atoms with Gasteiger partial charge in [0.1, 0.15) is 0 Å². The van der Waals surface area contributed by atoms with Gasteiger partial charge in [-0.05, 0) is 49.1 Å². The molecule has 7 nitrogen and oxygen atoms in total. The Morgan fingerprint density at radius 1 is 1.17 bits per heavy atom. The fraction of sp³-hybridized carbons (Fsp3) is 0.238. The zero-order valence-electron chi connectivity index (χ0n) is 16.1. The van der Waals surface area contributed by atoms with E-state index in [1.165, 1.54) is 0 Å². The zero-order valence-corrected chi connectivity index (χ0v) is 16.9. The second kappa shape index (κ2) is 8.08. The third-order valence-corrected chi connectivity index (χ3v) is 5.65. The van der Waals surface area contributed by atoms with Gasteiger partial charge in [0.05, 0.1) is 5.92 Å². The summed E-state index contributed by atoms with van der Waals surface area (Å²) in [4.78, 5) is 27.8. The lowest BCUT2D eigenvalue weighted by Gasteiger charge is -2.16. The molecule has 1 aliphatic rings. The molecule has 8 heteroatoms. The van der Waals surface area contributed by atoms with E-state index < -0.39 is 0 Å². The van der Waals surface area contributed by atoms with Crippen LogP contribution in [0, 0.1) is 6.92 Å².